The zero-order valence-corrected chi connectivity index (χ0v) is 19.9. The number of hydrogen-bond donors (Lipinski definition) is 1. The van der Waals surface area contributed by atoms with Gasteiger partial charge in [0.2, 0.25) is 10.0 Å². The van der Waals surface area contributed by atoms with Crippen molar-refractivity contribution in [2.75, 3.05) is 35.4 Å². The number of ether oxygens (including phenoxy) is 3. The second-order valence-corrected chi connectivity index (χ2v) is 9.38. The minimum absolute atomic E-state index is 0.0127. The van der Waals surface area contributed by atoms with Gasteiger partial charge in [-0.15, -0.1) is 0 Å². The molecule has 174 valence electrons. The molecule has 0 saturated heterocycles. The number of nitrogens with one attached hydrogen (secondary N) is 1. The van der Waals surface area contributed by atoms with Gasteiger partial charge in [0.15, 0.2) is 11.5 Å². The zero-order valence-electron chi connectivity index (χ0n) is 18.3. The molecule has 1 amide bonds. The summed E-state index contributed by atoms with van der Waals surface area (Å²) in [6, 6.07) is 8.11. The van der Waals surface area contributed by atoms with Crippen LogP contribution in [0.3, 0.4) is 0 Å². The highest BCUT2D eigenvalue weighted by Crippen LogP contribution is 2.31. The number of amides is 1. The predicted octanol–water partition coefficient (Wildman–Crippen LogP) is 2.64. The quantitative estimate of drug-likeness (QED) is 0.544. The second kappa shape index (κ2) is 10.7. The largest absolute Gasteiger partial charge is 0.493 e. The lowest BCUT2D eigenvalue weighted by Gasteiger charge is -2.20. The van der Waals surface area contributed by atoms with Gasteiger partial charge in [-0.25, -0.2) is 12.7 Å². The lowest BCUT2D eigenvalue weighted by molar-refractivity contribution is -0.141. The molecule has 2 aromatic rings. The molecule has 0 fully saturated rings. The van der Waals surface area contributed by atoms with Gasteiger partial charge in [0.05, 0.1) is 38.8 Å². The second-order valence-electron chi connectivity index (χ2n) is 6.85. The van der Waals surface area contributed by atoms with Crippen molar-refractivity contribution in [2.45, 2.75) is 17.4 Å². The highest BCUT2D eigenvalue weighted by atomic mass is 35.5. The molecule has 11 heteroatoms. The molecule has 0 bridgehead atoms. The molecule has 0 aliphatic heterocycles. The van der Waals surface area contributed by atoms with E-state index in [0.717, 1.165) is 4.31 Å². The first-order valence-corrected chi connectivity index (χ1v) is 11.2. The minimum atomic E-state index is -3.87. The van der Waals surface area contributed by atoms with Gasteiger partial charge >= 0.3 is 5.97 Å². The first-order chi connectivity index (χ1) is 15.0. The number of sulfonamides is 1. The number of carbonyl (C=O) groups excluding carboxylic acids is 2. The summed E-state index contributed by atoms with van der Waals surface area (Å²) in [7, 11) is 3.06. The Labute approximate surface area is 192 Å². The number of benzene rings is 2. The van der Waals surface area contributed by atoms with Crippen molar-refractivity contribution < 1.29 is 32.2 Å². The van der Waals surface area contributed by atoms with Crippen LogP contribution in [0, 0.1) is 0 Å². The van der Waals surface area contributed by atoms with Crippen LogP contribution in [0.5, 0.6) is 11.5 Å². The smallest absolute Gasteiger partial charge is 0.307 e. The van der Waals surface area contributed by atoms with Crippen molar-refractivity contribution in [1.29, 1.82) is 0 Å². The van der Waals surface area contributed by atoms with E-state index in [1.165, 1.54) is 53.6 Å². The Morgan fingerprint density at radius 2 is 1.69 bits per heavy atom. The zero-order chi connectivity index (χ0) is 24.1. The molecule has 0 saturated carbocycles. The van der Waals surface area contributed by atoms with E-state index in [1.54, 1.807) is 18.2 Å². The average molecular weight is 485 g/mol. The number of rotatable bonds is 9. The lowest BCUT2D eigenvalue weighted by Crippen LogP contribution is -2.31. The summed E-state index contributed by atoms with van der Waals surface area (Å²) in [5.41, 5.74) is 0.627. The normalized spacial score (nSPS) is 12.2. The maximum Gasteiger partial charge on any atom is 0.307 e. The summed E-state index contributed by atoms with van der Waals surface area (Å²) in [6.45, 7) is 0. The molecule has 32 heavy (non-hydrogen) atoms. The van der Waals surface area contributed by atoms with Crippen molar-refractivity contribution in [1.82, 2.24) is 9.62 Å². The topological polar surface area (TPSA) is 111 Å². The van der Waals surface area contributed by atoms with E-state index in [4.69, 9.17) is 25.8 Å². The summed E-state index contributed by atoms with van der Waals surface area (Å²) < 4.78 is 41.3. The third-order valence-corrected chi connectivity index (χ3v) is 6.96. The summed E-state index contributed by atoms with van der Waals surface area (Å²) >= 11 is 6.06. The number of methoxy groups -OCH3 is 3. The van der Waals surface area contributed by atoms with Crippen molar-refractivity contribution >= 4 is 33.5 Å². The van der Waals surface area contributed by atoms with Crippen molar-refractivity contribution in [3.05, 3.63) is 52.5 Å². The minimum Gasteiger partial charge on any atom is -0.493 e. The van der Waals surface area contributed by atoms with Crippen molar-refractivity contribution in [2.24, 2.45) is 0 Å². The van der Waals surface area contributed by atoms with Crippen LogP contribution in [0.15, 0.2) is 41.3 Å². The summed E-state index contributed by atoms with van der Waals surface area (Å²) in [4.78, 5) is 24.7. The van der Waals surface area contributed by atoms with E-state index in [2.05, 4.69) is 5.32 Å². The molecular formula is C21H25ClN2O7S. The fraction of sp³-hybridized carbons (Fsp3) is 0.333. The van der Waals surface area contributed by atoms with Gasteiger partial charge in [0, 0.05) is 19.7 Å². The van der Waals surface area contributed by atoms with Crippen LogP contribution >= 0.6 is 11.6 Å². The molecule has 0 heterocycles. The van der Waals surface area contributed by atoms with Gasteiger partial charge in [-0.3, -0.25) is 9.59 Å². The third kappa shape index (κ3) is 5.70. The van der Waals surface area contributed by atoms with Crippen LogP contribution in [-0.2, 0) is 19.6 Å². The fourth-order valence-electron chi connectivity index (χ4n) is 2.85. The Hall–Kier alpha value is -2.82. The van der Waals surface area contributed by atoms with Crippen LogP contribution in [0.4, 0.5) is 0 Å². The molecule has 0 aliphatic carbocycles. The van der Waals surface area contributed by atoms with E-state index < -0.39 is 27.9 Å². The third-order valence-electron chi connectivity index (χ3n) is 4.67. The summed E-state index contributed by atoms with van der Waals surface area (Å²) in [5.74, 6) is -0.242. The number of esters is 1. The van der Waals surface area contributed by atoms with Crippen LogP contribution in [0.25, 0.3) is 0 Å². The number of hydrogen-bond acceptors (Lipinski definition) is 7. The molecular weight excluding hydrogens is 460 g/mol. The average Bonchev–Trinajstić information content (AvgIpc) is 2.77. The molecule has 0 aliphatic rings. The molecule has 1 unspecified atom stereocenters. The highest BCUT2D eigenvalue weighted by molar-refractivity contribution is 7.89. The molecule has 2 aromatic carbocycles. The predicted molar refractivity (Wildman–Crippen MR) is 119 cm³/mol. The molecule has 0 aromatic heterocycles. The Balaban J connectivity index is 2.43. The summed E-state index contributed by atoms with van der Waals surface area (Å²) in [6.07, 6.45) is -0.159. The van der Waals surface area contributed by atoms with Gasteiger partial charge in [0.25, 0.3) is 5.91 Å². The monoisotopic (exact) mass is 484 g/mol. The van der Waals surface area contributed by atoms with Gasteiger partial charge < -0.3 is 19.5 Å². The Morgan fingerprint density at radius 1 is 1.03 bits per heavy atom. The fourth-order valence-corrected chi connectivity index (χ4v) is 4.25. The lowest BCUT2D eigenvalue weighted by atomic mass is 10.0. The maximum atomic E-state index is 13.0. The molecule has 0 radical (unpaired) electrons. The van der Waals surface area contributed by atoms with Gasteiger partial charge in [-0.05, 0) is 35.9 Å². The highest BCUT2D eigenvalue weighted by Gasteiger charge is 2.25. The molecule has 0 spiro atoms. The van der Waals surface area contributed by atoms with Crippen LogP contribution in [0.1, 0.15) is 28.4 Å². The number of halogens is 1. The molecule has 1 N–H and O–H groups in total. The summed E-state index contributed by atoms with van der Waals surface area (Å²) in [5, 5.41) is 2.73. The first kappa shape index (κ1) is 25.4. The molecule has 2 rings (SSSR count). The maximum absolute atomic E-state index is 13.0. The van der Waals surface area contributed by atoms with Crippen LogP contribution in [-0.4, -0.2) is 60.0 Å². The number of nitrogens with zero attached hydrogens (tertiary/aromatic N) is 1. The first-order valence-electron chi connectivity index (χ1n) is 9.36. The van der Waals surface area contributed by atoms with Crippen LogP contribution in [0.2, 0.25) is 5.02 Å². The van der Waals surface area contributed by atoms with Crippen LogP contribution < -0.4 is 14.8 Å². The SMILES string of the molecule is COC(=O)CC(NC(=O)c1ccc(Cl)c(S(=O)(=O)N(C)C)c1)c1ccc(OC)c(OC)c1. The van der Waals surface area contributed by atoms with E-state index in [0.29, 0.717) is 17.1 Å². The van der Waals surface area contributed by atoms with Gasteiger partial charge in [-0.1, -0.05) is 17.7 Å². The molecule has 1 atom stereocenters. The van der Waals surface area contributed by atoms with Crippen molar-refractivity contribution in [3.63, 3.8) is 0 Å². The van der Waals surface area contributed by atoms with Gasteiger partial charge in [-0.2, -0.15) is 0 Å². The van der Waals surface area contributed by atoms with Crippen molar-refractivity contribution in [3.8, 4) is 11.5 Å². The van der Waals surface area contributed by atoms with E-state index in [9.17, 15) is 18.0 Å². The van der Waals surface area contributed by atoms with Gasteiger partial charge in [0.1, 0.15) is 4.90 Å². The molecule has 9 nitrogen and oxygen atoms in total. The number of carbonyl (C=O) groups is 2. The van der Waals surface area contributed by atoms with E-state index in [-0.39, 0.29) is 21.9 Å². The Morgan fingerprint density at radius 3 is 2.25 bits per heavy atom. The Bertz CT molecular complexity index is 1100. The van der Waals surface area contributed by atoms with E-state index in [1.807, 2.05) is 0 Å². The van der Waals surface area contributed by atoms with E-state index >= 15 is 0 Å². The Kier molecular flexibility index (Phi) is 8.48. The standard InChI is InChI=1S/C21H25ClN2O7S/c1-24(2)32(27,28)19-11-14(6-8-15(19)22)21(26)23-16(12-20(25)31-5)13-7-9-17(29-3)18(10-13)30-4/h6-11,16H,12H2,1-5H3,(H,23,26).